The molecule has 0 saturated carbocycles. The van der Waals surface area contributed by atoms with E-state index in [9.17, 15) is 14.3 Å². The summed E-state index contributed by atoms with van der Waals surface area (Å²) in [6.45, 7) is 10.2. The molecule has 32 heavy (non-hydrogen) atoms. The van der Waals surface area contributed by atoms with Gasteiger partial charge < -0.3 is 19.7 Å². The Kier molecular flexibility index (Phi) is 5.49. The Labute approximate surface area is 187 Å². The Balaban J connectivity index is 1.60. The van der Waals surface area contributed by atoms with Crippen molar-refractivity contribution in [3.63, 3.8) is 0 Å². The van der Waals surface area contributed by atoms with Gasteiger partial charge in [-0.15, -0.1) is 0 Å². The first kappa shape index (κ1) is 22.3. The zero-order valence-corrected chi connectivity index (χ0v) is 19.1. The average Bonchev–Trinajstić information content (AvgIpc) is 3.11. The molecule has 1 unspecified atom stereocenters. The van der Waals surface area contributed by atoms with Crippen LogP contribution in [0.1, 0.15) is 40.2 Å². The van der Waals surface area contributed by atoms with Crippen LogP contribution in [0.3, 0.4) is 0 Å². The average molecular weight is 440 g/mol. The fourth-order valence-electron chi connectivity index (χ4n) is 4.72. The predicted octanol–water partition coefficient (Wildman–Crippen LogP) is 5.08. The number of piperidine rings is 1. The number of nitrogens with zero attached hydrogens (tertiary/aromatic N) is 2. The second kappa shape index (κ2) is 7.89. The van der Waals surface area contributed by atoms with E-state index in [2.05, 4.69) is 9.97 Å². The highest BCUT2D eigenvalue weighted by Gasteiger charge is 2.47. The molecule has 3 heterocycles. The number of fused-ring (bicyclic) bond motifs is 1. The molecule has 3 aromatic rings. The molecule has 170 valence electrons. The van der Waals surface area contributed by atoms with E-state index >= 15 is 0 Å². The summed E-state index contributed by atoms with van der Waals surface area (Å²) in [7, 11) is 0. The number of nitrogens with one attached hydrogen (secondary N) is 1. The number of carbonyl (C=O) groups excluding carboxylic acids is 1. The molecule has 1 aliphatic heterocycles. The minimum atomic E-state index is -1.09. The minimum absolute atomic E-state index is 0.195. The van der Waals surface area contributed by atoms with E-state index in [4.69, 9.17) is 4.74 Å². The van der Waals surface area contributed by atoms with Crippen LogP contribution in [0.25, 0.3) is 22.2 Å². The molecule has 1 saturated heterocycles. The van der Waals surface area contributed by atoms with Gasteiger partial charge in [0.15, 0.2) is 5.82 Å². The van der Waals surface area contributed by atoms with E-state index in [1.165, 1.54) is 6.20 Å². The molecule has 1 aromatic carbocycles. The molecule has 3 atom stereocenters. The number of halogens is 1. The summed E-state index contributed by atoms with van der Waals surface area (Å²) in [6, 6.07) is 9.36. The predicted molar refractivity (Wildman–Crippen MR) is 122 cm³/mol. The van der Waals surface area contributed by atoms with E-state index in [1.807, 2.05) is 58.9 Å². The van der Waals surface area contributed by atoms with Crippen molar-refractivity contribution in [2.75, 3.05) is 13.1 Å². The van der Waals surface area contributed by atoms with E-state index in [-0.39, 0.29) is 23.7 Å². The van der Waals surface area contributed by atoms with Gasteiger partial charge in [0.1, 0.15) is 11.2 Å². The quantitative estimate of drug-likeness (QED) is 0.584. The molecule has 4 rings (SSSR count). The summed E-state index contributed by atoms with van der Waals surface area (Å²) in [5, 5.41) is 12.2. The van der Waals surface area contributed by atoms with Crippen molar-refractivity contribution >= 4 is 17.1 Å². The van der Waals surface area contributed by atoms with Crippen LogP contribution >= 0.6 is 0 Å². The van der Waals surface area contributed by atoms with E-state index in [1.54, 1.807) is 17.2 Å². The van der Waals surface area contributed by atoms with Crippen LogP contribution in [-0.4, -0.2) is 44.8 Å². The number of rotatable bonds is 2. The Morgan fingerprint density at radius 3 is 2.41 bits per heavy atom. The lowest BCUT2D eigenvalue weighted by molar-refractivity contribution is -0.111. The van der Waals surface area contributed by atoms with Crippen LogP contribution in [0.4, 0.5) is 9.18 Å². The molecular weight excluding hydrogens is 409 g/mol. The van der Waals surface area contributed by atoms with Gasteiger partial charge in [-0.05, 0) is 43.5 Å². The summed E-state index contributed by atoms with van der Waals surface area (Å²) >= 11 is 0. The number of amides is 1. The Morgan fingerprint density at radius 1 is 1.19 bits per heavy atom. The highest BCUT2D eigenvalue weighted by atomic mass is 19.1. The van der Waals surface area contributed by atoms with Crippen molar-refractivity contribution in [2.24, 2.45) is 11.8 Å². The first-order chi connectivity index (χ1) is 15.0. The van der Waals surface area contributed by atoms with Gasteiger partial charge in [-0.25, -0.2) is 14.2 Å². The third-order valence-corrected chi connectivity index (χ3v) is 6.33. The van der Waals surface area contributed by atoms with Gasteiger partial charge >= 0.3 is 6.09 Å². The van der Waals surface area contributed by atoms with Crippen LogP contribution in [-0.2, 0) is 10.3 Å². The number of carbonyl (C=O) groups is 1. The maximum Gasteiger partial charge on any atom is 0.410 e. The van der Waals surface area contributed by atoms with Crippen molar-refractivity contribution in [1.82, 2.24) is 14.9 Å². The minimum Gasteiger partial charge on any atom is -0.444 e. The molecule has 1 amide bonds. The molecule has 0 radical (unpaired) electrons. The number of H-pyrrole nitrogens is 1. The normalized spacial score (nSPS) is 24.0. The molecular formula is C25H30FN3O3. The molecule has 7 heteroatoms. The topological polar surface area (TPSA) is 78.5 Å². The molecule has 0 spiro atoms. The van der Waals surface area contributed by atoms with Crippen molar-refractivity contribution in [2.45, 2.75) is 45.8 Å². The SMILES string of the molecule is C[C@@H]1CN(C(=O)OC(C)(C)C)C[C@H](C)C1(O)c1ccc(-c2ccnc3[nH]cc(F)c23)cc1. The van der Waals surface area contributed by atoms with Gasteiger partial charge in [0.2, 0.25) is 0 Å². The zero-order valence-electron chi connectivity index (χ0n) is 19.1. The van der Waals surface area contributed by atoms with Crippen molar-refractivity contribution in [3.05, 3.63) is 54.1 Å². The lowest BCUT2D eigenvalue weighted by atomic mass is 9.70. The maximum atomic E-state index is 14.3. The number of ether oxygens (including phenoxy) is 1. The fourth-order valence-corrected chi connectivity index (χ4v) is 4.72. The van der Waals surface area contributed by atoms with Gasteiger partial charge in [0.05, 0.1) is 11.0 Å². The van der Waals surface area contributed by atoms with Crippen LogP contribution in [0, 0.1) is 17.7 Å². The molecule has 2 aromatic heterocycles. The molecule has 6 nitrogen and oxygen atoms in total. The van der Waals surface area contributed by atoms with Crippen LogP contribution in [0.15, 0.2) is 42.7 Å². The van der Waals surface area contributed by atoms with Crippen molar-refractivity contribution < 1.29 is 19.0 Å². The summed E-state index contributed by atoms with van der Waals surface area (Å²) in [4.78, 5) is 21.2. The number of hydrogen-bond donors (Lipinski definition) is 2. The summed E-state index contributed by atoms with van der Waals surface area (Å²) in [5.74, 6) is -0.735. The molecule has 1 aliphatic rings. The lowest BCUT2D eigenvalue weighted by Gasteiger charge is -2.48. The summed E-state index contributed by atoms with van der Waals surface area (Å²) < 4.78 is 19.8. The van der Waals surface area contributed by atoms with E-state index in [0.717, 1.165) is 16.7 Å². The summed E-state index contributed by atoms with van der Waals surface area (Å²) in [6.07, 6.45) is 2.59. The lowest BCUT2D eigenvalue weighted by Crippen LogP contribution is -2.56. The van der Waals surface area contributed by atoms with Gasteiger partial charge in [-0.3, -0.25) is 0 Å². The smallest absolute Gasteiger partial charge is 0.410 e. The first-order valence-electron chi connectivity index (χ1n) is 10.9. The van der Waals surface area contributed by atoms with Gasteiger partial charge in [0.25, 0.3) is 0 Å². The third-order valence-electron chi connectivity index (χ3n) is 6.33. The number of hydrogen-bond acceptors (Lipinski definition) is 4. The molecule has 2 N–H and O–H groups in total. The number of benzene rings is 1. The fraction of sp³-hybridized carbons (Fsp3) is 0.440. The third kappa shape index (κ3) is 3.86. The van der Waals surface area contributed by atoms with Crippen molar-refractivity contribution in [3.8, 4) is 11.1 Å². The summed E-state index contributed by atoms with van der Waals surface area (Å²) in [5.41, 5.74) is 1.21. The number of pyridine rings is 1. The zero-order chi connectivity index (χ0) is 23.3. The van der Waals surface area contributed by atoms with Gasteiger partial charge in [-0.1, -0.05) is 38.1 Å². The Hall–Kier alpha value is -2.93. The number of aromatic amines is 1. The van der Waals surface area contributed by atoms with E-state index < -0.39 is 11.2 Å². The first-order valence-corrected chi connectivity index (χ1v) is 10.9. The maximum absolute atomic E-state index is 14.3. The number of likely N-dealkylation sites (tertiary alicyclic amines) is 1. The van der Waals surface area contributed by atoms with Crippen molar-refractivity contribution in [1.29, 1.82) is 0 Å². The second-order valence-electron chi connectivity index (χ2n) is 9.81. The monoisotopic (exact) mass is 439 g/mol. The van der Waals surface area contributed by atoms with Gasteiger partial charge in [-0.2, -0.15) is 0 Å². The van der Waals surface area contributed by atoms with Crippen LogP contribution < -0.4 is 0 Å². The number of aromatic nitrogens is 2. The Bertz CT molecular complexity index is 1120. The standard InChI is InChI=1S/C25H30FN3O3/c1-15-13-29(23(30)32-24(3,4)5)14-16(2)25(15,31)18-8-6-17(7-9-18)19-10-11-27-22-21(19)20(26)12-28-22/h6-12,15-16,31H,13-14H2,1-5H3,(H,27,28)/t15-,16+,25?. The molecule has 1 fully saturated rings. The van der Waals surface area contributed by atoms with Gasteiger partial charge in [0, 0.05) is 37.3 Å². The Morgan fingerprint density at radius 2 is 1.81 bits per heavy atom. The molecule has 0 aliphatic carbocycles. The van der Waals surface area contributed by atoms with E-state index in [0.29, 0.717) is 24.1 Å². The van der Waals surface area contributed by atoms with Crippen LogP contribution in [0.2, 0.25) is 0 Å². The highest BCUT2D eigenvalue weighted by molar-refractivity contribution is 5.93. The largest absolute Gasteiger partial charge is 0.444 e. The number of aliphatic hydroxyl groups is 1. The second-order valence-corrected chi connectivity index (χ2v) is 9.81. The molecule has 0 bridgehead atoms. The highest BCUT2D eigenvalue weighted by Crippen LogP contribution is 2.42. The van der Waals surface area contributed by atoms with Crippen LogP contribution in [0.5, 0.6) is 0 Å².